The maximum atomic E-state index is 3.93. The van der Waals surface area contributed by atoms with E-state index >= 15 is 0 Å². The number of hydrogen-bond donors (Lipinski definition) is 2. The van der Waals surface area contributed by atoms with Crippen LogP contribution < -0.4 is 5.32 Å². The van der Waals surface area contributed by atoms with Gasteiger partial charge in [-0.1, -0.05) is 40.0 Å². The van der Waals surface area contributed by atoms with E-state index in [4.69, 9.17) is 0 Å². The Kier molecular flexibility index (Phi) is 5.53. The van der Waals surface area contributed by atoms with Crippen LogP contribution in [0.25, 0.3) is 0 Å². The predicted molar refractivity (Wildman–Crippen MR) is 68.2 cm³/mol. The molecule has 1 heterocycles. The Hall–Kier alpha value is -0.830. The molecule has 0 aliphatic carbocycles. The molecule has 1 aromatic rings. The molecule has 0 fully saturated rings. The maximum absolute atomic E-state index is 3.93. The van der Waals surface area contributed by atoms with E-state index in [0.717, 1.165) is 18.8 Å². The van der Waals surface area contributed by atoms with Crippen LogP contribution >= 0.6 is 0 Å². The third-order valence-corrected chi connectivity index (χ3v) is 2.93. The number of H-pyrrole nitrogens is 1. The standard InChI is InChI=1S/C13H25N3/c1-4-5-6-8-13(2,3)11-14-10-12-7-9-15-16-12/h7,9,14H,4-6,8,10-11H2,1-3H3,(H,15,16). The summed E-state index contributed by atoms with van der Waals surface area (Å²) in [6.45, 7) is 8.88. The van der Waals surface area contributed by atoms with Gasteiger partial charge in [-0.2, -0.15) is 5.10 Å². The van der Waals surface area contributed by atoms with Gasteiger partial charge in [-0.15, -0.1) is 0 Å². The Labute approximate surface area is 99.0 Å². The number of aromatic nitrogens is 2. The highest BCUT2D eigenvalue weighted by atomic mass is 15.1. The molecule has 3 nitrogen and oxygen atoms in total. The smallest absolute Gasteiger partial charge is 0.0490 e. The molecule has 0 aliphatic rings. The van der Waals surface area contributed by atoms with Gasteiger partial charge in [-0.05, 0) is 17.9 Å². The van der Waals surface area contributed by atoms with E-state index in [1.165, 1.54) is 25.7 Å². The van der Waals surface area contributed by atoms with Crippen molar-refractivity contribution in [1.82, 2.24) is 15.5 Å². The number of hydrogen-bond acceptors (Lipinski definition) is 2. The largest absolute Gasteiger partial charge is 0.311 e. The molecule has 1 aromatic heterocycles. The lowest BCUT2D eigenvalue weighted by atomic mass is 9.87. The van der Waals surface area contributed by atoms with Crippen LogP contribution in [0, 0.1) is 5.41 Å². The summed E-state index contributed by atoms with van der Waals surface area (Å²) in [6, 6.07) is 2.01. The number of nitrogens with one attached hydrogen (secondary N) is 2. The van der Waals surface area contributed by atoms with Crippen molar-refractivity contribution in [2.24, 2.45) is 5.41 Å². The third kappa shape index (κ3) is 5.31. The first kappa shape index (κ1) is 13.2. The summed E-state index contributed by atoms with van der Waals surface area (Å²) in [5.41, 5.74) is 1.55. The summed E-state index contributed by atoms with van der Waals surface area (Å²) in [7, 11) is 0. The van der Waals surface area contributed by atoms with E-state index in [2.05, 4.69) is 36.3 Å². The molecule has 1 rings (SSSR count). The molecule has 2 N–H and O–H groups in total. The first-order chi connectivity index (χ1) is 7.64. The van der Waals surface area contributed by atoms with Gasteiger partial charge in [-0.25, -0.2) is 0 Å². The Morgan fingerprint density at radius 3 is 2.81 bits per heavy atom. The molecule has 0 aliphatic heterocycles. The summed E-state index contributed by atoms with van der Waals surface area (Å²) in [6.07, 6.45) is 7.09. The van der Waals surface area contributed by atoms with Crippen LogP contribution in [-0.4, -0.2) is 16.7 Å². The van der Waals surface area contributed by atoms with Gasteiger partial charge in [0.2, 0.25) is 0 Å². The molecule has 3 heteroatoms. The molecule has 0 saturated carbocycles. The average molecular weight is 223 g/mol. The number of unbranched alkanes of at least 4 members (excludes halogenated alkanes) is 2. The lowest BCUT2D eigenvalue weighted by Crippen LogP contribution is -2.29. The third-order valence-electron chi connectivity index (χ3n) is 2.93. The van der Waals surface area contributed by atoms with Gasteiger partial charge in [-0.3, -0.25) is 5.10 Å². The van der Waals surface area contributed by atoms with Crippen molar-refractivity contribution in [3.05, 3.63) is 18.0 Å². The summed E-state index contributed by atoms with van der Waals surface area (Å²) in [5.74, 6) is 0. The van der Waals surface area contributed by atoms with Gasteiger partial charge < -0.3 is 5.32 Å². The lowest BCUT2D eigenvalue weighted by Gasteiger charge is -2.24. The fourth-order valence-electron chi connectivity index (χ4n) is 1.86. The monoisotopic (exact) mass is 223 g/mol. The quantitative estimate of drug-likeness (QED) is 0.665. The minimum Gasteiger partial charge on any atom is -0.311 e. The second-order valence-electron chi connectivity index (χ2n) is 5.31. The van der Waals surface area contributed by atoms with Gasteiger partial charge in [0.15, 0.2) is 0 Å². The highest BCUT2D eigenvalue weighted by Gasteiger charge is 2.16. The average Bonchev–Trinajstić information content (AvgIpc) is 2.70. The molecule has 16 heavy (non-hydrogen) atoms. The number of rotatable bonds is 8. The second-order valence-corrected chi connectivity index (χ2v) is 5.31. The van der Waals surface area contributed by atoms with Crippen LogP contribution in [0.1, 0.15) is 52.1 Å². The van der Waals surface area contributed by atoms with E-state index in [0.29, 0.717) is 5.41 Å². The van der Waals surface area contributed by atoms with Gasteiger partial charge in [0.1, 0.15) is 0 Å². The summed E-state index contributed by atoms with van der Waals surface area (Å²) in [5, 5.41) is 10.4. The zero-order valence-electron chi connectivity index (χ0n) is 10.8. The van der Waals surface area contributed by atoms with E-state index < -0.39 is 0 Å². The van der Waals surface area contributed by atoms with Crippen LogP contribution in [0.2, 0.25) is 0 Å². The Morgan fingerprint density at radius 2 is 2.19 bits per heavy atom. The zero-order valence-corrected chi connectivity index (χ0v) is 10.8. The highest BCUT2D eigenvalue weighted by molar-refractivity contribution is 4.96. The SMILES string of the molecule is CCCCCC(C)(C)CNCc1ccn[nH]1. The van der Waals surface area contributed by atoms with Crippen molar-refractivity contribution in [3.63, 3.8) is 0 Å². The maximum Gasteiger partial charge on any atom is 0.0490 e. The first-order valence-electron chi connectivity index (χ1n) is 6.33. The van der Waals surface area contributed by atoms with Gasteiger partial charge in [0.05, 0.1) is 0 Å². The zero-order chi connectivity index (χ0) is 11.9. The lowest BCUT2D eigenvalue weighted by molar-refractivity contribution is 0.301. The van der Waals surface area contributed by atoms with E-state index in [1.807, 2.05) is 6.07 Å². The van der Waals surface area contributed by atoms with Crippen molar-refractivity contribution in [3.8, 4) is 0 Å². The van der Waals surface area contributed by atoms with Crippen LogP contribution in [0.3, 0.4) is 0 Å². The van der Waals surface area contributed by atoms with Gasteiger partial charge >= 0.3 is 0 Å². The first-order valence-corrected chi connectivity index (χ1v) is 6.33. The highest BCUT2D eigenvalue weighted by Crippen LogP contribution is 2.22. The molecule has 0 spiro atoms. The molecule has 92 valence electrons. The van der Waals surface area contributed by atoms with Crippen LogP contribution in [0.4, 0.5) is 0 Å². The van der Waals surface area contributed by atoms with Crippen molar-refractivity contribution in [2.45, 2.75) is 53.0 Å². The normalized spacial score (nSPS) is 11.9. The summed E-state index contributed by atoms with van der Waals surface area (Å²) >= 11 is 0. The second kappa shape index (κ2) is 6.69. The summed E-state index contributed by atoms with van der Waals surface area (Å²) < 4.78 is 0. The van der Waals surface area contributed by atoms with Crippen molar-refractivity contribution in [1.29, 1.82) is 0 Å². The number of aromatic amines is 1. The van der Waals surface area contributed by atoms with E-state index in [9.17, 15) is 0 Å². The molecule has 0 atom stereocenters. The van der Waals surface area contributed by atoms with Gasteiger partial charge in [0.25, 0.3) is 0 Å². The van der Waals surface area contributed by atoms with Gasteiger partial charge in [0, 0.05) is 25.0 Å². The van der Waals surface area contributed by atoms with Crippen molar-refractivity contribution in [2.75, 3.05) is 6.54 Å². The van der Waals surface area contributed by atoms with Crippen LogP contribution in [0.15, 0.2) is 12.3 Å². The molecule has 0 radical (unpaired) electrons. The molecule has 0 bridgehead atoms. The Morgan fingerprint density at radius 1 is 1.38 bits per heavy atom. The predicted octanol–water partition coefficient (Wildman–Crippen LogP) is 3.11. The molecule has 0 aromatic carbocycles. The molecule has 0 saturated heterocycles. The van der Waals surface area contributed by atoms with E-state index in [-0.39, 0.29) is 0 Å². The molecule has 0 unspecified atom stereocenters. The Bertz CT molecular complexity index is 265. The fourth-order valence-corrected chi connectivity index (χ4v) is 1.86. The van der Waals surface area contributed by atoms with Crippen molar-refractivity contribution < 1.29 is 0 Å². The van der Waals surface area contributed by atoms with Crippen molar-refractivity contribution >= 4 is 0 Å². The molecular weight excluding hydrogens is 198 g/mol. The minimum atomic E-state index is 0.398. The van der Waals surface area contributed by atoms with Crippen LogP contribution in [0.5, 0.6) is 0 Å². The molecule has 0 amide bonds. The van der Waals surface area contributed by atoms with E-state index in [1.54, 1.807) is 6.20 Å². The Balaban J connectivity index is 2.14. The minimum absolute atomic E-state index is 0.398. The fraction of sp³-hybridized carbons (Fsp3) is 0.769. The summed E-state index contributed by atoms with van der Waals surface area (Å²) in [4.78, 5) is 0. The topological polar surface area (TPSA) is 40.7 Å². The number of nitrogens with zero attached hydrogens (tertiary/aromatic N) is 1. The molecular formula is C13H25N3. The van der Waals surface area contributed by atoms with Crippen LogP contribution in [-0.2, 0) is 6.54 Å².